The SMILES string of the molecule is Cc1cccc(-n2ncc(N3CCN(S(=O)(=O)c4cc(C)ccn4)CC3)c(OC3CCCC3)c2=O)c1. The smallest absolute Gasteiger partial charge is 0.316 e. The molecule has 2 aromatic heterocycles. The number of aromatic nitrogens is 3. The van der Waals surface area contributed by atoms with E-state index in [4.69, 9.17) is 4.74 Å². The molecule has 0 radical (unpaired) electrons. The Balaban J connectivity index is 1.43. The number of hydrogen-bond donors (Lipinski definition) is 0. The van der Waals surface area contributed by atoms with Gasteiger partial charge in [-0.2, -0.15) is 14.1 Å². The third kappa shape index (κ3) is 4.87. The molecule has 1 aliphatic heterocycles. The number of pyridine rings is 1. The quantitative estimate of drug-likeness (QED) is 0.504. The Kier molecular flexibility index (Phi) is 6.81. The van der Waals surface area contributed by atoms with Crippen LogP contribution in [-0.4, -0.2) is 59.8 Å². The van der Waals surface area contributed by atoms with Crippen LogP contribution < -0.4 is 15.2 Å². The minimum absolute atomic E-state index is 0.00105. The summed E-state index contributed by atoms with van der Waals surface area (Å²) >= 11 is 0. The highest BCUT2D eigenvalue weighted by molar-refractivity contribution is 7.89. The average molecular weight is 510 g/mol. The maximum absolute atomic E-state index is 13.6. The van der Waals surface area contributed by atoms with Crippen molar-refractivity contribution in [3.8, 4) is 11.4 Å². The molecule has 190 valence electrons. The Morgan fingerprint density at radius 2 is 1.69 bits per heavy atom. The molecule has 1 saturated carbocycles. The van der Waals surface area contributed by atoms with Crippen LogP contribution in [0.2, 0.25) is 0 Å². The molecule has 1 aromatic carbocycles. The van der Waals surface area contributed by atoms with E-state index in [1.807, 2.05) is 43.0 Å². The summed E-state index contributed by atoms with van der Waals surface area (Å²) in [7, 11) is -3.69. The van der Waals surface area contributed by atoms with Gasteiger partial charge in [0.1, 0.15) is 5.69 Å². The van der Waals surface area contributed by atoms with Gasteiger partial charge in [-0.15, -0.1) is 0 Å². The number of aryl methyl sites for hydroxylation is 2. The van der Waals surface area contributed by atoms with Crippen LogP contribution in [0.4, 0.5) is 5.69 Å². The molecule has 9 nitrogen and oxygen atoms in total. The predicted octanol–water partition coefficient (Wildman–Crippen LogP) is 3.08. The molecule has 10 heteroatoms. The standard InChI is InChI=1S/C26H31N5O4S/c1-19-6-5-7-21(16-19)31-26(32)25(35-22-8-3-4-9-22)23(18-28-31)29-12-14-30(15-13-29)36(33,34)24-17-20(2)10-11-27-24/h5-7,10-11,16-18,22H,3-4,8-9,12-15H2,1-2H3. The Bertz CT molecular complexity index is 1410. The molecule has 1 aliphatic carbocycles. The normalized spacial score (nSPS) is 17.4. The van der Waals surface area contributed by atoms with E-state index in [2.05, 4.69) is 10.1 Å². The van der Waals surface area contributed by atoms with Crippen molar-refractivity contribution in [2.75, 3.05) is 31.1 Å². The van der Waals surface area contributed by atoms with Gasteiger partial charge >= 0.3 is 5.56 Å². The van der Waals surface area contributed by atoms with Crippen LogP contribution in [0.25, 0.3) is 5.69 Å². The number of piperazine rings is 1. The number of nitrogens with zero attached hydrogens (tertiary/aromatic N) is 5. The van der Waals surface area contributed by atoms with E-state index in [0.29, 0.717) is 24.5 Å². The Morgan fingerprint density at radius 1 is 0.972 bits per heavy atom. The summed E-state index contributed by atoms with van der Waals surface area (Å²) < 4.78 is 35.4. The number of benzene rings is 1. The van der Waals surface area contributed by atoms with Gasteiger partial charge in [0.05, 0.1) is 18.0 Å². The largest absolute Gasteiger partial charge is 0.483 e. The zero-order valence-electron chi connectivity index (χ0n) is 20.6. The van der Waals surface area contributed by atoms with Gasteiger partial charge in [-0.1, -0.05) is 12.1 Å². The molecule has 2 aliphatic rings. The Morgan fingerprint density at radius 3 is 2.39 bits per heavy atom. The second-order valence-electron chi connectivity index (χ2n) is 9.50. The molecule has 3 heterocycles. The number of hydrogen-bond acceptors (Lipinski definition) is 7. The summed E-state index contributed by atoms with van der Waals surface area (Å²) in [6.07, 6.45) is 7.18. The Labute approximate surface area is 211 Å². The second kappa shape index (κ2) is 10.0. The average Bonchev–Trinajstić information content (AvgIpc) is 3.39. The van der Waals surface area contributed by atoms with Gasteiger partial charge in [0.15, 0.2) is 5.03 Å². The van der Waals surface area contributed by atoms with Gasteiger partial charge in [0.2, 0.25) is 5.75 Å². The van der Waals surface area contributed by atoms with Crippen molar-refractivity contribution in [3.63, 3.8) is 0 Å². The second-order valence-corrected chi connectivity index (χ2v) is 11.4. The minimum Gasteiger partial charge on any atom is -0.483 e. The van der Waals surface area contributed by atoms with E-state index >= 15 is 0 Å². The molecule has 0 amide bonds. The lowest BCUT2D eigenvalue weighted by atomic mass is 10.2. The lowest BCUT2D eigenvalue weighted by Gasteiger charge is -2.35. The minimum atomic E-state index is -3.69. The van der Waals surface area contributed by atoms with Gasteiger partial charge in [-0.3, -0.25) is 4.79 Å². The van der Waals surface area contributed by atoms with Crippen LogP contribution in [0, 0.1) is 13.8 Å². The van der Waals surface area contributed by atoms with E-state index in [1.54, 1.807) is 18.3 Å². The van der Waals surface area contributed by atoms with Crippen LogP contribution >= 0.6 is 0 Å². The van der Waals surface area contributed by atoms with E-state index in [1.165, 1.54) is 15.2 Å². The topological polar surface area (TPSA) is 97.6 Å². The summed E-state index contributed by atoms with van der Waals surface area (Å²) in [5.74, 6) is 0.287. The maximum Gasteiger partial charge on any atom is 0.316 e. The molecule has 1 saturated heterocycles. The van der Waals surface area contributed by atoms with Crippen molar-refractivity contribution in [3.05, 3.63) is 70.3 Å². The van der Waals surface area contributed by atoms with Gasteiger partial charge in [0, 0.05) is 32.4 Å². The highest BCUT2D eigenvalue weighted by atomic mass is 32.2. The lowest BCUT2D eigenvalue weighted by molar-refractivity contribution is 0.205. The molecule has 5 rings (SSSR count). The molecule has 0 N–H and O–H groups in total. The molecular formula is C26H31N5O4S. The number of sulfonamides is 1. The molecule has 3 aromatic rings. The molecule has 0 atom stereocenters. The van der Waals surface area contributed by atoms with E-state index < -0.39 is 10.0 Å². The first-order valence-corrected chi connectivity index (χ1v) is 13.8. The fraction of sp³-hybridized carbons (Fsp3) is 0.423. The van der Waals surface area contributed by atoms with Gasteiger partial charge in [-0.25, -0.2) is 13.4 Å². The van der Waals surface area contributed by atoms with Gasteiger partial charge < -0.3 is 9.64 Å². The zero-order chi connectivity index (χ0) is 25.3. The fourth-order valence-corrected chi connectivity index (χ4v) is 6.27. The summed E-state index contributed by atoms with van der Waals surface area (Å²) in [4.78, 5) is 19.7. The van der Waals surface area contributed by atoms with Gasteiger partial charge in [0.25, 0.3) is 10.0 Å². The highest BCUT2D eigenvalue weighted by Gasteiger charge is 2.32. The maximum atomic E-state index is 13.6. The number of rotatable bonds is 6. The first-order chi connectivity index (χ1) is 17.3. The van der Waals surface area contributed by atoms with Crippen molar-refractivity contribution < 1.29 is 13.2 Å². The van der Waals surface area contributed by atoms with E-state index in [9.17, 15) is 13.2 Å². The van der Waals surface area contributed by atoms with Crippen molar-refractivity contribution in [1.29, 1.82) is 0 Å². The van der Waals surface area contributed by atoms with Crippen LogP contribution in [-0.2, 0) is 10.0 Å². The molecule has 36 heavy (non-hydrogen) atoms. The van der Waals surface area contributed by atoms with Crippen LogP contribution in [0.3, 0.4) is 0 Å². The van der Waals surface area contributed by atoms with Gasteiger partial charge in [-0.05, 0) is 74.9 Å². The number of ether oxygens (including phenoxy) is 1. The highest BCUT2D eigenvalue weighted by Crippen LogP contribution is 2.30. The van der Waals surface area contributed by atoms with Crippen molar-refractivity contribution in [1.82, 2.24) is 19.1 Å². The monoisotopic (exact) mass is 509 g/mol. The third-order valence-electron chi connectivity index (χ3n) is 6.82. The van der Waals surface area contributed by atoms with Crippen LogP contribution in [0.15, 0.2) is 58.6 Å². The number of anilines is 1. The lowest BCUT2D eigenvalue weighted by Crippen LogP contribution is -2.49. The van der Waals surface area contributed by atoms with E-state index in [0.717, 1.165) is 36.8 Å². The zero-order valence-corrected chi connectivity index (χ0v) is 21.4. The molecule has 0 unspecified atom stereocenters. The van der Waals surface area contributed by atoms with Crippen LogP contribution in [0.1, 0.15) is 36.8 Å². The predicted molar refractivity (Wildman–Crippen MR) is 137 cm³/mol. The summed E-state index contributed by atoms with van der Waals surface area (Å²) in [5.41, 5.74) is 2.87. The van der Waals surface area contributed by atoms with E-state index in [-0.39, 0.29) is 35.5 Å². The summed E-state index contributed by atoms with van der Waals surface area (Å²) in [6, 6.07) is 11.0. The Hall–Kier alpha value is -3.24. The molecule has 2 fully saturated rings. The van der Waals surface area contributed by atoms with Crippen molar-refractivity contribution in [2.24, 2.45) is 0 Å². The fourth-order valence-electron chi connectivity index (χ4n) is 4.83. The summed E-state index contributed by atoms with van der Waals surface area (Å²) in [6.45, 7) is 5.21. The molecule has 0 spiro atoms. The van der Waals surface area contributed by atoms with Crippen molar-refractivity contribution >= 4 is 15.7 Å². The molecule has 0 bridgehead atoms. The third-order valence-corrected chi connectivity index (χ3v) is 8.62. The first kappa shape index (κ1) is 24.5. The summed E-state index contributed by atoms with van der Waals surface area (Å²) in [5, 5.41) is 4.52. The first-order valence-electron chi connectivity index (χ1n) is 12.4. The van der Waals surface area contributed by atoms with Crippen LogP contribution in [0.5, 0.6) is 5.75 Å². The molecular weight excluding hydrogens is 478 g/mol. The van der Waals surface area contributed by atoms with Crippen molar-refractivity contribution in [2.45, 2.75) is 50.7 Å².